The number of nitrogens with two attached hydrogens (primary N) is 1. The maximum Gasteiger partial charge on any atom is 0.405 e. The first-order valence-electron chi connectivity index (χ1n) is 5.16. The maximum absolute atomic E-state index is 11.8. The van der Waals surface area contributed by atoms with Gasteiger partial charge in [-0.25, -0.2) is 0 Å². The van der Waals surface area contributed by atoms with Gasteiger partial charge in [0.15, 0.2) is 0 Å². The van der Waals surface area contributed by atoms with Gasteiger partial charge >= 0.3 is 6.18 Å². The molecule has 0 aliphatic carbocycles. The van der Waals surface area contributed by atoms with Gasteiger partial charge in [-0.15, -0.1) is 0 Å². The molecule has 1 aliphatic rings. The number of likely N-dealkylation sites (tertiary alicyclic amines) is 1. The van der Waals surface area contributed by atoms with E-state index in [0.717, 1.165) is 13.0 Å². The highest BCUT2D eigenvalue weighted by molar-refractivity contribution is 5.78. The molecule has 1 saturated heterocycles. The Kier molecular flexibility index (Phi) is 4.55. The fourth-order valence-electron chi connectivity index (χ4n) is 1.71. The molecule has 0 aromatic carbocycles. The van der Waals surface area contributed by atoms with Gasteiger partial charge in [-0.05, 0) is 25.4 Å². The predicted octanol–water partition coefficient (Wildman–Crippen LogP) is -0.0545. The van der Waals surface area contributed by atoms with E-state index in [1.54, 1.807) is 0 Å². The summed E-state index contributed by atoms with van der Waals surface area (Å²) in [6.45, 7) is 0.727. The van der Waals surface area contributed by atoms with Crippen LogP contribution in [-0.4, -0.2) is 49.7 Å². The van der Waals surface area contributed by atoms with Crippen molar-refractivity contribution >= 4 is 5.91 Å². The van der Waals surface area contributed by atoms with E-state index in [1.807, 2.05) is 10.2 Å². The summed E-state index contributed by atoms with van der Waals surface area (Å²) in [6.07, 6.45) is -3.44. The van der Waals surface area contributed by atoms with Crippen molar-refractivity contribution in [2.75, 3.05) is 32.7 Å². The molecule has 94 valence electrons. The van der Waals surface area contributed by atoms with Crippen molar-refractivity contribution in [1.82, 2.24) is 10.2 Å². The summed E-state index contributed by atoms with van der Waals surface area (Å²) in [5.74, 6) is -0.231. The van der Waals surface area contributed by atoms with Crippen LogP contribution in [0, 0.1) is 5.92 Å². The molecule has 1 aliphatic heterocycles. The lowest BCUT2D eigenvalue weighted by Gasteiger charge is -2.15. The Bertz CT molecular complexity index is 245. The fraction of sp³-hybridized carbons (Fsp3) is 0.889. The number of nitrogens with one attached hydrogen (secondary N) is 1. The van der Waals surface area contributed by atoms with Crippen LogP contribution in [0.2, 0.25) is 0 Å². The van der Waals surface area contributed by atoms with E-state index in [9.17, 15) is 18.0 Å². The largest absolute Gasteiger partial charge is 0.405 e. The first-order chi connectivity index (χ1) is 7.40. The molecule has 0 radical (unpaired) electrons. The second kappa shape index (κ2) is 5.49. The van der Waals surface area contributed by atoms with Crippen molar-refractivity contribution in [1.29, 1.82) is 0 Å². The number of alkyl halides is 3. The van der Waals surface area contributed by atoms with Crippen LogP contribution in [0.5, 0.6) is 0 Å². The van der Waals surface area contributed by atoms with E-state index in [0.29, 0.717) is 19.0 Å². The molecule has 4 nitrogen and oxygen atoms in total. The Hall–Kier alpha value is -0.820. The highest BCUT2D eigenvalue weighted by Crippen LogP contribution is 2.14. The summed E-state index contributed by atoms with van der Waals surface area (Å²) in [7, 11) is 0. The van der Waals surface area contributed by atoms with Gasteiger partial charge in [0.1, 0.15) is 6.54 Å². The highest BCUT2D eigenvalue weighted by Gasteiger charge is 2.28. The monoisotopic (exact) mass is 239 g/mol. The van der Waals surface area contributed by atoms with Crippen LogP contribution in [0.15, 0.2) is 0 Å². The Morgan fingerprint density at radius 1 is 1.50 bits per heavy atom. The lowest BCUT2D eigenvalue weighted by molar-refractivity contribution is -0.138. The molecule has 0 bridgehead atoms. The lowest BCUT2D eigenvalue weighted by Crippen LogP contribution is -2.40. The summed E-state index contributed by atoms with van der Waals surface area (Å²) in [6, 6.07) is 0. The minimum atomic E-state index is -4.35. The van der Waals surface area contributed by atoms with Gasteiger partial charge in [-0.1, -0.05) is 0 Å². The third-order valence-corrected chi connectivity index (χ3v) is 2.56. The lowest BCUT2D eigenvalue weighted by atomic mass is 10.1. The van der Waals surface area contributed by atoms with Gasteiger partial charge in [0.05, 0.1) is 6.54 Å². The standard InChI is InChI=1S/C9H16F3N3O/c10-9(11,12)6-14-8(16)5-15-2-1-7(3-13)4-15/h7H,1-6,13H2,(H,14,16). The molecule has 1 heterocycles. The number of carbonyl (C=O) groups excluding carboxylic acids is 1. The first-order valence-corrected chi connectivity index (χ1v) is 5.16. The van der Waals surface area contributed by atoms with Crippen molar-refractivity contribution < 1.29 is 18.0 Å². The average molecular weight is 239 g/mol. The summed E-state index contributed by atoms with van der Waals surface area (Å²) >= 11 is 0. The zero-order valence-corrected chi connectivity index (χ0v) is 8.89. The summed E-state index contributed by atoms with van der Waals surface area (Å²) in [4.78, 5) is 13.0. The van der Waals surface area contributed by atoms with Gasteiger partial charge in [0.25, 0.3) is 0 Å². The number of amides is 1. The number of carbonyl (C=O) groups is 1. The molecule has 7 heteroatoms. The smallest absolute Gasteiger partial charge is 0.346 e. The van der Waals surface area contributed by atoms with E-state index < -0.39 is 18.6 Å². The first kappa shape index (κ1) is 13.2. The number of rotatable bonds is 4. The van der Waals surface area contributed by atoms with Crippen molar-refractivity contribution in [2.45, 2.75) is 12.6 Å². The summed E-state index contributed by atoms with van der Waals surface area (Å²) in [5, 5.41) is 1.85. The van der Waals surface area contributed by atoms with Crippen LogP contribution in [0.25, 0.3) is 0 Å². The summed E-state index contributed by atoms with van der Waals surface area (Å²) in [5.41, 5.74) is 5.47. The van der Waals surface area contributed by atoms with Crippen LogP contribution in [-0.2, 0) is 4.79 Å². The predicted molar refractivity (Wildman–Crippen MR) is 52.7 cm³/mol. The Labute approximate surface area is 92.0 Å². The zero-order valence-electron chi connectivity index (χ0n) is 8.89. The van der Waals surface area contributed by atoms with Gasteiger partial charge in [-0.2, -0.15) is 13.2 Å². The van der Waals surface area contributed by atoms with Gasteiger partial charge < -0.3 is 11.1 Å². The number of nitrogens with zero attached hydrogens (tertiary/aromatic N) is 1. The van der Waals surface area contributed by atoms with Crippen molar-refractivity contribution in [2.24, 2.45) is 11.7 Å². The highest BCUT2D eigenvalue weighted by atomic mass is 19.4. The topological polar surface area (TPSA) is 58.4 Å². The Morgan fingerprint density at radius 2 is 2.19 bits per heavy atom. The van der Waals surface area contributed by atoms with Crippen molar-refractivity contribution in [3.63, 3.8) is 0 Å². The van der Waals surface area contributed by atoms with Crippen LogP contribution in [0.4, 0.5) is 13.2 Å². The van der Waals surface area contributed by atoms with E-state index in [1.165, 1.54) is 0 Å². The quantitative estimate of drug-likeness (QED) is 0.723. The minimum absolute atomic E-state index is 0.0204. The molecular formula is C9H16F3N3O. The van der Waals surface area contributed by atoms with Gasteiger partial charge in [-0.3, -0.25) is 9.69 Å². The molecule has 0 aromatic heterocycles. The third kappa shape index (κ3) is 4.80. The third-order valence-electron chi connectivity index (χ3n) is 2.56. The summed E-state index contributed by atoms with van der Waals surface area (Å²) < 4.78 is 35.4. The molecule has 1 fully saturated rings. The minimum Gasteiger partial charge on any atom is -0.346 e. The molecule has 1 rings (SSSR count). The van der Waals surface area contributed by atoms with Crippen molar-refractivity contribution in [3.8, 4) is 0 Å². The molecule has 0 saturated carbocycles. The number of hydrogen-bond acceptors (Lipinski definition) is 3. The molecule has 16 heavy (non-hydrogen) atoms. The molecule has 0 spiro atoms. The van der Waals surface area contributed by atoms with Crippen LogP contribution in [0.3, 0.4) is 0 Å². The van der Waals surface area contributed by atoms with Gasteiger partial charge in [0.2, 0.25) is 5.91 Å². The fourth-order valence-corrected chi connectivity index (χ4v) is 1.71. The SMILES string of the molecule is NCC1CCN(CC(=O)NCC(F)(F)F)C1. The molecule has 3 N–H and O–H groups in total. The second-order valence-electron chi connectivity index (χ2n) is 4.02. The number of halogens is 3. The van der Waals surface area contributed by atoms with Crippen LogP contribution < -0.4 is 11.1 Å². The average Bonchev–Trinajstić information content (AvgIpc) is 2.61. The van der Waals surface area contributed by atoms with E-state index >= 15 is 0 Å². The Morgan fingerprint density at radius 3 is 2.69 bits per heavy atom. The molecule has 1 atom stereocenters. The molecule has 1 unspecified atom stereocenters. The van der Waals surface area contributed by atoms with E-state index in [4.69, 9.17) is 5.73 Å². The normalized spacial score (nSPS) is 22.4. The van der Waals surface area contributed by atoms with Crippen LogP contribution in [0.1, 0.15) is 6.42 Å². The molecular weight excluding hydrogens is 223 g/mol. The van der Waals surface area contributed by atoms with E-state index in [-0.39, 0.29) is 6.54 Å². The second-order valence-corrected chi connectivity index (χ2v) is 4.02. The van der Waals surface area contributed by atoms with Crippen LogP contribution >= 0.6 is 0 Å². The Balaban J connectivity index is 2.20. The zero-order chi connectivity index (χ0) is 12.2. The molecule has 1 amide bonds. The van der Waals surface area contributed by atoms with E-state index in [2.05, 4.69) is 0 Å². The number of hydrogen-bond donors (Lipinski definition) is 2. The van der Waals surface area contributed by atoms with Crippen molar-refractivity contribution in [3.05, 3.63) is 0 Å². The van der Waals surface area contributed by atoms with Gasteiger partial charge in [0, 0.05) is 6.54 Å². The molecule has 0 aromatic rings. The maximum atomic E-state index is 11.8.